The summed E-state index contributed by atoms with van der Waals surface area (Å²) in [5.41, 5.74) is 0.951. The number of anilines is 1. The highest BCUT2D eigenvalue weighted by molar-refractivity contribution is 9.10. The van der Waals surface area contributed by atoms with Crippen LogP contribution in [-0.2, 0) is 0 Å². The largest absolute Gasteiger partial charge is 0.454 e. The van der Waals surface area contributed by atoms with E-state index >= 15 is 0 Å². The Hall–Kier alpha value is -2.07. The summed E-state index contributed by atoms with van der Waals surface area (Å²) in [7, 11) is 0. The molecule has 0 bridgehead atoms. The Kier molecular flexibility index (Phi) is 4.06. The number of aromatic nitrogens is 1. The zero-order valence-corrected chi connectivity index (χ0v) is 13.2. The number of fused-ring (bicyclic) bond motifs is 1. The molecule has 1 N–H and O–H groups in total. The Balaban J connectivity index is 1.94. The molecule has 4 heteroatoms. The van der Waals surface area contributed by atoms with Crippen LogP contribution in [-0.4, -0.2) is 11.5 Å². The van der Waals surface area contributed by atoms with Gasteiger partial charge in [-0.2, -0.15) is 0 Å². The van der Waals surface area contributed by atoms with Crippen molar-refractivity contribution >= 4 is 32.4 Å². The molecule has 0 amide bonds. The Morgan fingerprint density at radius 1 is 1.14 bits per heavy atom. The van der Waals surface area contributed by atoms with E-state index in [1.165, 1.54) is 5.39 Å². The fourth-order valence-electron chi connectivity index (χ4n) is 2.19. The van der Waals surface area contributed by atoms with Gasteiger partial charge in [0.2, 0.25) is 0 Å². The fourth-order valence-corrected chi connectivity index (χ4v) is 2.77. The number of nitrogens with one attached hydrogen (secondary N) is 1. The zero-order valence-electron chi connectivity index (χ0n) is 11.6. The minimum Gasteiger partial charge on any atom is -0.454 e. The van der Waals surface area contributed by atoms with Gasteiger partial charge in [0, 0.05) is 12.6 Å². The van der Waals surface area contributed by atoms with E-state index in [1.54, 1.807) is 12.4 Å². The highest BCUT2D eigenvalue weighted by Gasteiger charge is 2.07. The van der Waals surface area contributed by atoms with Gasteiger partial charge in [-0.25, -0.2) is 0 Å². The Labute approximate surface area is 132 Å². The summed E-state index contributed by atoms with van der Waals surface area (Å²) in [5.74, 6) is 1.49. The number of nitrogens with zero attached hydrogens (tertiary/aromatic N) is 1. The number of pyridine rings is 1. The van der Waals surface area contributed by atoms with Gasteiger partial charge in [-0.1, -0.05) is 30.3 Å². The second kappa shape index (κ2) is 6.14. The molecule has 0 unspecified atom stereocenters. The van der Waals surface area contributed by atoms with Crippen molar-refractivity contribution in [1.29, 1.82) is 0 Å². The first-order valence-corrected chi connectivity index (χ1v) is 7.61. The smallest absolute Gasteiger partial charge is 0.147 e. The SMILES string of the molecule is CCNc1cncc(Oc2ccc3ccccc3c2Br)c1. The van der Waals surface area contributed by atoms with Gasteiger partial charge in [0.25, 0.3) is 0 Å². The highest BCUT2D eigenvalue weighted by Crippen LogP contribution is 2.35. The maximum atomic E-state index is 5.95. The number of rotatable bonds is 4. The van der Waals surface area contributed by atoms with E-state index in [-0.39, 0.29) is 0 Å². The molecule has 0 spiro atoms. The Bertz CT molecular complexity index is 774. The maximum Gasteiger partial charge on any atom is 0.147 e. The molecule has 0 aliphatic carbocycles. The molecule has 3 aromatic rings. The van der Waals surface area contributed by atoms with Gasteiger partial charge in [-0.15, -0.1) is 0 Å². The molecule has 106 valence electrons. The van der Waals surface area contributed by atoms with Crippen LogP contribution in [0.1, 0.15) is 6.92 Å². The minimum absolute atomic E-state index is 0.712. The number of hydrogen-bond acceptors (Lipinski definition) is 3. The number of halogens is 1. The van der Waals surface area contributed by atoms with Gasteiger partial charge in [0.15, 0.2) is 0 Å². The number of ether oxygens (including phenoxy) is 1. The Morgan fingerprint density at radius 2 is 2.00 bits per heavy atom. The standard InChI is InChI=1S/C17H15BrN2O/c1-2-20-13-9-14(11-19-10-13)21-16-8-7-12-5-3-4-6-15(12)17(16)18/h3-11,20H,2H2,1H3. The third kappa shape index (κ3) is 3.00. The number of benzene rings is 2. The molecule has 0 atom stereocenters. The van der Waals surface area contributed by atoms with Gasteiger partial charge < -0.3 is 10.1 Å². The highest BCUT2D eigenvalue weighted by atomic mass is 79.9. The summed E-state index contributed by atoms with van der Waals surface area (Å²) in [5, 5.41) is 5.53. The van der Waals surface area contributed by atoms with Crippen LogP contribution in [0.5, 0.6) is 11.5 Å². The van der Waals surface area contributed by atoms with Crippen LogP contribution in [0.2, 0.25) is 0 Å². The van der Waals surface area contributed by atoms with E-state index in [0.717, 1.165) is 27.8 Å². The van der Waals surface area contributed by atoms with Gasteiger partial charge in [0.1, 0.15) is 11.5 Å². The van der Waals surface area contributed by atoms with Crippen molar-refractivity contribution in [2.45, 2.75) is 6.92 Å². The molecule has 0 fully saturated rings. The van der Waals surface area contributed by atoms with E-state index in [0.29, 0.717) is 5.75 Å². The first-order chi connectivity index (χ1) is 10.3. The molecule has 2 aromatic carbocycles. The first-order valence-electron chi connectivity index (χ1n) is 6.82. The predicted molar refractivity (Wildman–Crippen MR) is 90.1 cm³/mol. The molecular weight excluding hydrogens is 328 g/mol. The third-order valence-corrected chi connectivity index (χ3v) is 3.97. The van der Waals surface area contributed by atoms with Crippen molar-refractivity contribution < 1.29 is 4.74 Å². The van der Waals surface area contributed by atoms with Crippen LogP contribution in [0.4, 0.5) is 5.69 Å². The predicted octanol–water partition coefficient (Wildman–Crippen LogP) is 5.22. The molecule has 3 rings (SSSR count). The van der Waals surface area contributed by atoms with Crippen LogP contribution < -0.4 is 10.1 Å². The topological polar surface area (TPSA) is 34.2 Å². The molecule has 3 nitrogen and oxygen atoms in total. The van der Waals surface area contributed by atoms with E-state index in [2.05, 4.69) is 44.4 Å². The summed E-state index contributed by atoms with van der Waals surface area (Å²) in [6.45, 7) is 2.90. The van der Waals surface area contributed by atoms with Crippen molar-refractivity contribution in [1.82, 2.24) is 4.98 Å². The van der Waals surface area contributed by atoms with Gasteiger partial charge >= 0.3 is 0 Å². The second-order valence-corrected chi connectivity index (χ2v) is 5.43. The molecule has 0 saturated heterocycles. The molecule has 0 radical (unpaired) electrons. The lowest BCUT2D eigenvalue weighted by Crippen LogP contribution is -1.97. The second-order valence-electron chi connectivity index (χ2n) is 4.64. The lowest BCUT2D eigenvalue weighted by Gasteiger charge is -2.11. The molecular formula is C17H15BrN2O. The maximum absolute atomic E-state index is 5.95. The summed E-state index contributed by atoms with van der Waals surface area (Å²) in [6.07, 6.45) is 3.49. The molecule has 0 aliphatic rings. The molecule has 1 aromatic heterocycles. The average molecular weight is 343 g/mol. The van der Waals surface area contributed by atoms with E-state index in [1.807, 2.05) is 31.2 Å². The van der Waals surface area contributed by atoms with Crippen molar-refractivity contribution in [2.24, 2.45) is 0 Å². The zero-order chi connectivity index (χ0) is 14.7. The van der Waals surface area contributed by atoms with Crippen LogP contribution in [0.25, 0.3) is 10.8 Å². The summed E-state index contributed by atoms with van der Waals surface area (Å²) in [6, 6.07) is 14.2. The molecule has 21 heavy (non-hydrogen) atoms. The normalized spacial score (nSPS) is 10.6. The summed E-state index contributed by atoms with van der Waals surface area (Å²) in [4.78, 5) is 4.19. The van der Waals surface area contributed by atoms with Crippen molar-refractivity contribution in [3.8, 4) is 11.5 Å². The van der Waals surface area contributed by atoms with Crippen molar-refractivity contribution in [3.05, 3.63) is 59.3 Å². The number of hydrogen-bond donors (Lipinski definition) is 1. The van der Waals surface area contributed by atoms with Gasteiger partial charge in [-0.05, 0) is 39.7 Å². The van der Waals surface area contributed by atoms with Crippen LogP contribution in [0.15, 0.2) is 59.3 Å². The van der Waals surface area contributed by atoms with E-state index in [9.17, 15) is 0 Å². The monoisotopic (exact) mass is 342 g/mol. The Morgan fingerprint density at radius 3 is 2.86 bits per heavy atom. The lowest BCUT2D eigenvalue weighted by molar-refractivity contribution is 0.478. The lowest BCUT2D eigenvalue weighted by atomic mass is 10.1. The third-order valence-electron chi connectivity index (χ3n) is 3.15. The quantitative estimate of drug-likeness (QED) is 0.705. The van der Waals surface area contributed by atoms with Crippen LogP contribution in [0, 0.1) is 0 Å². The minimum atomic E-state index is 0.712. The van der Waals surface area contributed by atoms with E-state index < -0.39 is 0 Å². The molecule has 0 saturated carbocycles. The molecule has 0 aliphatic heterocycles. The first kappa shape index (κ1) is 13.9. The summed E-state index contributed by atoms with van der Waals surface area (Å²) >= 11 is 3.63. The van der Waals surface area contributed by atoms with Crippen LogP contribution in [0.3, 0.4) is 0 Å². The van der Waals surface area contributed by atoms with Gasteiger partial charge in [-0.3, -0.25) is 4.98 Å². The van der Waals surface area contributed by atoms with Crippen molar-refractivity contribution in [3.63, 3.8) is 0 Å². The fraction of sp³-hybridized carbons (Fsp3) is 0.118. The van der Waals surface area contributed by atoms with Gasteiger partial charge in [0.05, 0.1) is 22.6 Å². The molecule has 1 heterocycles. The van der Waals surface area contributed by atoms with Crippen molar-refractivity contribution in [2.75, 3.05) is 11.9 Å². The van der Waals surface area contributed by atoms with E-state index in [4.69, 9.17) is 4.74 Å². The summed E-state index contributed by atoms with van der Waals surface area (Å²) < 4.78 is 6.91. The van der Waals surface area contributed by atoms with Crippen LogP contribution >= 0.6 is 15.9 Å². The average Bonchev–Trinajstić information content (AvgIpc) is 2.51.